The SMILES string of the molecule is CC1OCCC1(C)NCc1ccc(F)cc1/C(N)=N/O. The van der Waals surface area contributed by atoms with E-state index in [4.69, 9.17) is 15.7 Å². The molecule has 1 aromatic carbocycles. The van der Waals surface area contributed by atoms with Crippen LogP contribution in [0.5, 0.6) is 0 Å². The summed E-state index contributed by atoms with van der Waals surface area (Å²) in [5.74, 6) is -0.513. The number of hydrogen-bond acceptors (Lipinski definition) is 4. The summed E-state index contributed by atoms with van der Waals surface area (Å²) in [5, 5.41) is 15.1. The van der Waals surface area contributed by atoms with Crippen molar-refractivity contribution in [3.63, 3.8) is 0 Å². The average molecular weight is 281 g/mol. The maximum absolute atomic E-state index is 13.3. The van der Waals surface area contributed by atoms with Crippen LogP contribution in [0.15, 0.2) is 23.4 Å². The van der Waals surface area contributed by atoms with E-state index in [2.05, 4.69) is 17.4 Å². The number of ether oxygens (including phenoxy) is 1. The molecule has 0 saturated carbocycles. The van der Waals surface area contributed by atoms with Gasteiger partial charge in [0.25, 0.3) is 0 Å². The average Bonchev–Trinajstić information content (AvgIpc) is 2.77. The van der Waals surface area contributed by atoms with Gasteiger partial charge in [0.1, 0.15) is 5.82 Å². The summed E-state index contributed by atoms with van der Waals surface area (Å²) in [6, 6.07) is 4.27. The van der Waals surface area contributed by atoms with Gasteiger partial charge >= 0.3 is 0 Å². The molecule has 2 rings (SSSR count). The normalized spacial score (nSPS) is 26.9. The molecule has 0 radical (unpaired) electrons. The van der Waals surface area contributed by atoms with E-state index in [1.807, 2.05) is 6.92 Å². The molecule has 0 aromatic heterocycles. The molecule has 1 fully saturated rings. The zero-order valence-corrected chi connectivity index (χ0v) is 11.7. The molecule has 4 N–H and O–H groups in total. The lowest BCUT2D eigenvalue weighted by Crippen LogP contribution is -2.47. The van der Waals surface area contributed by atoms with Crippen molar-refractivity contribution >= 4 is 5.84 Å². The van der Waals surface area contributed by atoms with E-state index < -0.39 is 5.82 Å². The van der Waals surface area contributed by atoms with Crippen molar-refractivity contribution in [1.29, 1.82) is 0 Å². The van der Waals surface area contributed by atoms with Crippen LogP contribution < -0.4 is 11.1 Å². The van der Waals surface area contributed by atoms with Gasteiger partial charge in [-0.1, -0.05) is 11.2 Å². The Labute approximate surface area is 117 Å². The van der Waals surface area contributed by atoms with Crippen molar-refractivity contribution in [3.8, 4) is 0 Å². The summed E-state index contributed by atoms with van der Waals surface area (Å²) in [5.41, 5.74) is 6.64. The van der Waals surface area contributed by atoms with E-state index in [1.165, 1.54) is 12.1 Å². The van der Waals surface area contributed by atoms with Gasteiger partial charge in [0.15, 0.2) is 5.84 Å². The van der Waals surface area contributed by atoms with Gasteiger partial charge in [-0.3, -0.25) is 0 Å². The maximum Gasteiger partial charge on any atom is 0.170 e. The number of halogens is 1. The first kappa shape index (κ1) is 14.7. The van der Waals surface area contributed by atoms with E-state index in [1.54, 1.807) is 6.07 Å². The van der Waals surface area contributed by atoms with Crippen LogP contribution >= 0.6 is 0 Å². The number of amidine groups is 1. The van der Waals surface area contributed by atoms with Crippen molar-refractivity contribution in [1.82, 2.24) is 5.32 Å². The van der Waals surface area contributed by atoms with Gasteiger partial charge < -0.3 is 21.0 Å². The Kier molecular flexibility index (Phi) is 4.25. The van der Waals surface area contributed by atoms with E-state index >= 15 is 0 Å². The molecular formula is C14H20FN3O2. The predicted octanol–water partition coefficient (Wildman–Crippen LogP) is 1.58. The third kappa shape index (κ3) is 2.91. The molecule has 5 nitrogen and oxygen atoms in total. The third-order valence-electron chi connectivity index (χ3n) is 4.02. The minimum atomic E-state index is -0.417. The van der Waals surface area contributed by atoms with E-state index in [9.17, 15) is 4.39 Å². The minimum Gasteiger partial charge on any atom is -0.409 e. The Bertz CT molecular complexity index is 521. The second-order valence-corrected chi connectivity index (χ2v) is 5.32. The van der Waals surface area contributed by atoms with Crippen molar-refractivity contribution in [3.05, 3.63) is 35.1 Å². The second kappa shape index (κ2) is 5.76. The Morgan fingerprint density at radius 3 is 3.00 bits per heavy atom. The summed E-state index contributed by atoms with van der Waals surface area (Å²) in [7, 11) is 0. The first-order valence-electron chi connectivity index (χ1n) is 6.59. The van der Waals surface area contributed by atoms with Gasteiger partial charge in [0, 0.05) is 24.3 Å². The van der Waals surface area contributed by atoms with Crippen molar-refractivity contribution < 1.29 is 14.3 Å². The van der Waals surface area contributed by atoms with Crippen LogP contribution in [0, 0.1) is 5.82 Å². The second-order valence-electron chi connectivity index (χ2n) is 5.32. The molecule has 110 valence electrons. The fraction of sp³-hybridized carbons (Fsp3) is 0.500. The lowest BCUT2D eigenvalue weighted by Gasteiger charge is -2.29. The monoisotopic (exact) mass is 281 g/mol. The lowest BCUT2D eigenvalue weighted by atomic mass is 9.94. The van der Waals surface area contributed by atoms with Gasteiger partial charge in [0.05, 0.1) is 6.10 Å². The molecular weight excluding hydrogens is 261 g/mol. The molecule has 2 atom stereocenters. The first-order valence-corrected chi connectivity index (χ1v) is 6.59. The van der Waals surface area contributed by atoms with E-state index in [0.717, 1.165) is 18.6 Å². The Morgan fingerprint density at radius 2 is 2.40 bits per heavy atom. The smallest absolute Gasteiger partial charge is 0.170 e. The van der Waals surface area contributed by atoms with Gasteiger partial charge in [-0.15, -0.1) is 0 Å². The summed E-state index contributed by atoms with van der Waals surface area (Å²) in [4.78, 5) is 0. The lowest BCUT2D eigenvalue weighted by molar-refractivity contribution is 0.0881. The van der Waals surface area contributed by atoms with Crippen LogP contribution in [-0.2, 0) is 11.3 Å². The Hall–Kier alpha value is -1.66. The van der Waals surface area contributed by atoms with Crippen molar-refractivity contribution in [2.45, 2.75) is 38.5 Å². The molecule has 0 bridgehead atoms. The van der Waals surface area contributed by atoms with Crippen LogP contribution in [0.2, 0.25) is 0 Å². The highest BCUT2D eigenvalue weighted by Gasteiger charge is 2.36. The largest absolute Gasteiger partial charge is 0.409 e. The fourth-order valence-corrected chi connectivity index (χ4v) is 2.36. The van der Waals surface area contributed by atoms with Crippen LogP contribution in [0.4, 0.5) is 4.39 Å². The van der Waals surface area contributed by atoms with Gasteiger partial charge in [0.2, 0.25) is 0 Å². The topological polar surface area (TPSA) is 79.9 Å². The van der Waals surface area contributed by atoms with Crippen LogP contribution in [-0.4, -0.2) is 29.3 Å². The molecule has 1 aliphatic rings. The minimum absolute atomic E-state index is 0.0952. The van der Waals surface area contributed by atoms with Crippen LogP contribution in [0.1, 0.15) is 31.4 Å². The molecule has 2 unspecified atom stereocenters. The quantitative estimate of drug-likeness (QED) is 0.339. The van der Waals surface area contributed by atoms with Crippen LogP contribution in [0.3, 0.4) is 0 Å². The van der Waals surface area contributed by atoms with Crippen molar-refractivity contribution in [2.24, 2.45) is 10.9 Å². The number of hydrogen-bond donors (Lipinski definition) is 3. The molecule has 1 heterocycles. The number of benzene rings is 1. The molecule has 0 aliphatic carbocycles. The number of nitrogens with one attached hydrogen (secondary N) is 1. The molecule has 1 aromatic rings. The standard InChI is InChI=1S/C14H20FN3O2/c1-9-14(2,5-6-20-9)17-8-10-3-4-11(15)7-12(10)13(16)18-19/h3-4,7,9,17,19H,5-6,8H2,1-2H3,(H2,16,18). The van der Waals surface area contributed by atoms with E-state index in [-0.39, 0.29) is 17.5 Å². The fourth-order valence-electron chi connectivity index (χ4n) is 2.36. The van der Waals surface area contributed by atoms with Gasteiger partial charge in [-0.2, -0.15) is 0 Å². The number of nitrogens with two attached hydrogens (primary N) is 1. The summed E-state index contributed by atoms with van der Waals surface area (Å²) in [6.07, 6.45) is 1.02. The Morgan fingerprint density at radius 1 is 1.65 bits per heavy atom. The zero-order valence-electron chi connectivity index (χ0n) is 11.7. The van der Waals surface area contributed by atoms with Crippen molar-refractivity contribution in [2.75, 3.05) is 6.61 Å². The van der Waals surface area contributed by atoms with Gasteiger partial charge in [-0.05, 0) is 38.0 Å². The molecule has 0 amide bonds. The summed E-state index contributed by atoms with van der Waals surface area (Å²) < 4.78 is 18.9. The first-order chi connectivity index (χ1) is 9.46. The summed E-state index contributed by atoms with van der Waals surface area (Å²) >= 11 is 0. The summed E-state index contributed by atoms with van der Waals surface area (Å²) in [6.45, 7) is 5.34. The molecule has 1 saturated heterocycles. The number of oxime groups is 1. The molecule has 20 heavy (non-hydrogen) atoms. The highest BCUT2D eigenvalue weighted by molar-refractivity contribution is 5.98. The van der Waals surface area contributed by atoms with E-state index in [0.29, 0.717) is 12.1 Å². The predicted molar refractivity (Wildman–Crippen MR) is 74.2 cm³/mol. The maximum atomic E-state index is 13.3. The number of rotatable bonds is 4. The highest BCUT2D eigenvalue weighted by atomic mass is 19.1. The molecule has 0 spiro atoms. The Balaban J connectivity index is 2.17. The van der Waals surface area contributed by atoms with Crippen LogP contribution in [0.25, 0.3) is 0 Å². The molecule has 6 heteroatoms. The third-order valence-corrected chi connectivity index (χ3v) is 4.02. The zero-order chi connectivity index (χ0) is 14.8. The highest BCUT2D eigenvalue weighted by Crippen LogP contribution is 2.25. The van der Waals surface area contributed by atoms with Gasteiger partial charge in [-0.25, -0.2) is 4.39 Å². The number of nitrogens with zero attached hydrogens (tertiary/aromatic N) is 1. The molecule has 1 aliphatic heterocycles.